The summed E-state index contributed by atoms with van der Waals surface area (Å²) < 4.78 is 12.8. The van der Waals surface area contributed by atoms with Crippen molar-refractivity contribution < 1.29 is 14.3 Å². The van der Waals surface area contributed by atoms with Gasteiger partial charge in [0.2, 0.25) is 0 Å². The molecule has 1 atom stereocenters. The summed E-state index contributed by atoms with van der Waals surface area (Å²) in [5, 5.41) is 1.21. The zero-order valence-electron chi connectivity index (χ0n) is 16.8. The molecule has 0 aliphatic carbocycles. The molecule has 0 bridgehead atoms. The molecular weight excluding hydrogens is 368 g/mol. The Labute approximate surface area is 170 Å². The van der Waals surface area contributed by atoms with Crippen molar-refractivity contribution >= 4 is 27.4 Å². The normalized spacial score (nSPS) is 12.6. The SMILES string of the molecule is C=C(C)C(=O)OC(C)(C)CC(C)Oc1ccc2cc(-c3ccccc3)sc2c1. The second-order valence-electron chi connectivity index (χ2n) is 7.74. The largest absolute Gasteiger partial charge is 0.491 e. The number of hydrogen-bond acceptors (Lipinski definition) is 4. The van der Waals surface area contributed by atoms with E-state index in [0.29, 0.717) is 12.0 Å². The number of hydrogen-bond donors (Lipinski definition) is 0. The third-order valence-electron chi connectivity index (χ3n) is 4.38. The molecule has 0 aliphatic rings. The molecule has 1 aromatic heterocycles. The molecule has 0 amide bonds. The fraction of sp³-hybridized carbons (Fsp3) is 0.292. The molecule has 0 radical (unpaired) electrons. The van der Waals surface area contributed by atoms with E-state index in [2.05, 4.69) is 49.0 Å². The van der Waals surface area contributed by atoms with Crippen LogP contribution in [0.15, 0.2) is 66.7 Å². The van der Waals surface area contributed by atoms with Crippen LogP contribution in [0.2, 0.25) is 0 Å². The summed E-state index contributed by atoms with van der Waals surface area (Å²) in [7, 11) is 0. The van der Waals surface area contributed by atoms with Crippen LogP contribution in [0.1, 0.15) is 34.1 Å². The monoisotopic (exact) mass is 394 g/mol. The lowest BCUT2D eigenvalue weighted by Crippen LogP contribution is -2.33. The van der Waals surface area contributed by atoms with Gasteiger partial charge in [0.1, 0.15) is 11.4 Å². The molecule has 1 unspecified atom stereocenters. The van der Waals surface area contributed by atoms with E-state index in [-0.39, 0.29) is 12.1 Å². The average Bonchev–Trinajstić information content (AvgIpc) is 3.04. The summed E-state index contributed by atoms with van der Waals surface area (Å²) in [6.45, 7) is 11.1. The number of rotatable bonds is 7. The van der Waals surface area contributed by atoms with Crippen molar-refractivity contribution in [1.82, 2.24) is 0 Å². The zero-order chi connectivity index (χ0) is 20.3. The molecule has 3 aromatic rings. The second-order valence-corrected chi connectivity index (χ2v) is 8.82. The molecule has 0 aliphatic heterocycles. The molecule has 3 rings (SSSR count). The number of carbonyl (C=O) groups is 1. The van der Waals surface area contributed by atoms with Crippen LogP contribution in [0.4, 0.5) is 0 Å². The predicted molar refractivity (Wildman–Crippen MR) is 117 cm³/mol. The number of carbonyl (C=O) groups excluding carboxylic acids is 1. The molecule has 1 heterocycles. The van der Waals surface area contributed by atoms with Gasteiger partial charge in [-0.2, -0.15) is 0 Å². The van der Waals surface area contributed by atoms with Crippen molar-refractivity contribution in [1.29, 1.82) is 0 Å². The van der Waals surface area contributed by atoms with Crippen molar-refractivity contribution in [3.05, 3.63) is 66.7 Å². The lowest BCUT2D eigenvalue weighted by Gasteiger charge is -2.28. The van der Waals surface area contributed by atoms with Crippen molar-refractivity contribution in [3.8, 4) is 16.2 Å². The molecule has 0 fully saturated rings. The molecule has 2 aromatic carbocycles. The molecule has 3 nitrogen and oxygen atoms in total. The number of esters is 1. The first-order valence-electron chi connectivity index (χ1n) is 9.38. The van der Waals surface area contributed by atoms with Crippen molar-refractivity contribution in [2.75, 3.05) is 0 Å². The van der Waals surface area contributed by atoms with Gasteiger partial charge in [0.25, 0.3) is 0 Å². The first-order valence-corrected chi connectivity index (χ1v) is 10.2. The molecule has 0 N–H and O–H groups in total. The van der Waals surface area contributed by atoms with E-state index < -0.39 is 5.60 Å². The van der Waals surface area contributed by atoms with Gasteiger partial charge >= 0.3 is 5.97 Å². The first kappa shape index (κ1) is 20.2. The quantitative estimate of drug-likeness (QED) is 0.333. The minimum Gasteiger partial charge on any atom is -0.491 e. The maximum absolute atomic E-state index is 11.8. The minimum atomic E-state index is -0.622. The Hall–Kier alpha value is -2.59. The summed E-state index contributed by atoms with van der Waals surface area (Å²) >= 11 is 1.76. The Bertz CT molecular complexity index is 986. The lowest BCUT2D eigenvalue weighted by atomic mass is 10.0. The summed E-state index contributed by atoms with van der Waals surface area (Å²) in [5.41, 5.74) is 1.00. The average molecular weight is 395 g/mol. The van der Waals surface area contributed by atoms with E-state index in [0.717, 1.165) is 5.75 Å². The van der Waals surface area contributed by atoms with Crippen LogP contribution in [0.25, 0.3) is 20.5 Å². The van der Waals surface area contributed by atoms with Gasteiger partial charge in [0.15, 0.2) is 0 Å². The zero-order valence-corrected chi connectivity index (χ0v) is 17.6. The molecule has 4 heteroatoms. The van der Waals surface area contributed by atoms with E-state index in [9.17, 15) is 4.79 Å². The van der Waals surface area contributed by atoms with Gasteiger partial charge in [-0.15, -0.1) is 11.3 Å². The molecule has 0 saturated heterocycles. The van der Waals surface area contributed by atoms with Crippen LogP contribution in [0, 0.1) is 0 Å². The van der Waals surface area contributed by atoms with Gasteiger partial charge in [-0.3, -0.25) is 0 Å². The van der Waals surface area contributed by atoms with Crippen LogP contribution >= 0.6 is 11.3 Å². The molecule has 0 spiro atoms. The number of thiophene rings is 1. The van der Waals surface area contributed by atoms with Crippen LogP contribution in [0.3, 0.4) is 0 Å². The topological polar surface area (TPSA) is 35.5 Å². The summed E-state index contributed by atoms with van der Waals surface area (Å²) in [4.78, 5) is 13.0. The van der Waals surface area contributed by atoms with Gasteiger partial charge < -0.3 is 9.47 Å². The van der Waals surface area contributed by atoms with Crippen molar-refractivity contribution in [2.45, 2.75) is 45.8 Å². The van der Waals surface area contributed by atoms with Crippen LogP contribution in [-0.4, -0.2) is 17.7 Å². The highest BCUT2D eigenvalue weighted by atomic mass is 32.1. The Balaban J connectivity index is 1.70. The Morgan fingerprint density at radius 1 is 1.14 bits per heavy atom. The van der Waals surface area contributed by atoms with E-state index in [1.807, 2.05) is 32.9 Å². The minimum absolute atomic E-state index is 0.0982. The number of fused-ring (bicyclic) bond motifs is 1. The van der Waals surface area contributed by atoms with Crippen LogP contribution < -0.4 is 4.74 Å². The van der Waals surface area contributed by atoms with Gasteiger partial charge in [0.05, 0.1) is 6.10 Å². The predicted octanol–water partition coefficient (Wildman–Crippen LogP) is 6.62. The third-order valence-corrected chi connectivity index (χ3v) is 5.53. The molecular formula is C24H26O3S. The maximum Gasteiger partial charge on any atom is 0.333 e. The fourth-order valence-electron chi connectivity index (χ4n) is 3.18. The van der Waals surface area contributed by atoms with Crippen LogP contribution in [-0.2, 0) is 9.53 Å². The van der Waals surface area contributed by atoms with Crippen molar-refractivity contribution in [3.63, 3.8) is 0 Å². The van der Waals surface area contributed by atoms with E-state index in [1.165, 1.54) is 20.5 Å². The summed E-state index contributed by atoms with van der Waals surface area (Å²) in [6, 6.07) is 18.8. The highest BCUT2D eigenvalue weighted by Gasteiger charge is 2.26. The van der Waals surface area contributed by atoms with Crippen LogP contribution in [0.5, 0.6) is 5.75 Å². The van der Waals surface area contributed by atoms with Crippen molar-refractivity contribution in [2.24, 2.45) is 0 Å². The highest BCUT2D eigenvalue weighted by Crippen LogP contribution is 2.35. The Morgan fingerprint density at radius 3 is 2.54 bits per heavy atom. The first-order chi connectivity index (χ1) is 13.2. The third kappa shape index (κ3) is 5.02. The maximum atomic E-state index is 11.8. The lowest BCUT2D eigenvalue weighted by molar-refractivity contribution is -0.153. The Kier molecular flexibility index (Phi) is 5.90. The van der Waals surface area contributed by atoms with Gasteiger partial charge in [-0.1, -0.05) is 36.9 Å². The molecule has 146 valence electrons. The highest BCUT2D eigenvalue weighted by molar-refractivity contribution is 7.22. The number of benzene rings is 2. The fourth-order valence-corrected chi connectivity index (χ4v) is 4.27. The number of ether oxygens (including phenoxy) is 2. The van der Waals surface area contributed by atoms with E-state index >= 15 is 0 Å². The second kappa shape index (κ2) is 8.19. The Morgan fingerprint density at radius 2 is 1.86 bits per heavy atom. The van der Waals surface area contributed by atoms with Gasteiger partial charge in [-0.05, 0) is 62.9 Å². The summed E-state index contributed by atoms with van der Waals surface area (Å²) in [6.07, 6.45) is 0.489. The summed E-state index contributed by atoms with van der Waals surface area (Å²) in [5.74, 6) is 0.453. The standard InChI is InChI=1S/C24H26O3S/c1-16(2)23(25)27-24(4,5)15-17(3)26-20-12-11-19-13-21(28-22(19)14-20)18-9-7-6-8-10-18/h6-14,17H,1,15H2,2-5H3. The van der Waals surface area contributed by atoms with E-state index in [1.54, 1.807) is 18.3 Å². The smallest absolute Gasteiger partial charge is 0.333 e. The molecule has 28 heavy (non-hydrogen) atoms. The van der Waals surface area contributed by atoms with Gasteiger partial charge in [-0.25, -0.2) is 4.79 Å². The van der Waals surface area contributed by atoms with Gasteiger partial charge in [0, 0.05) is 21.6 Å². The van der Waals surface area contributed by atoms with E-state index in [4.69, 9.17) is 9.47 Å². The molecule has 0 saturated carbocycles.